The zero-order chi connectivity index (χ0) is 15.8. The van der Waals surface area contributed by atoms with Gasteiger partial charge >= 0.3 is 0 Å². The van der Waals surface area contributed by atoms with Crippen LogP contribution in [0.15, 0.2) is 53.6 Å². The van der Waals surface area contributed by atoms with Crippen LogP contribution in [0.4, 0.5) is 0 Å². The summed E-state index contributed by atoms with van der Waals surface area (Å²) in [6.45, 7) is 4.57. The molecule has 0 unspecified atom stereocenters. The van der Waals surface area contributed by atoms with Crippen LogP contribution in [0.1, 0.15) is 23.6 Å². The van der Waals surface area contributed by atoms with E-state index in [0.29, 0.717) is 6.61 Å². The van der Waals surface area contributed by atoms with Crippen LogP contribution >= 0.6 is 0 Å². The van der Waals surface area contributed by atoms with Crippen LogP contribution in [0, 0.1) is 6.92 Å². The van der Waals surface area contributed by atoms with Crippen molar-refractivity contribution in [2.45, 2.75) is 20.3 Å². The average Bonchev–Trinajstić information content (AvgIpc) is 2.51. The van der Waals surface area contributed by atoms with Crippen molar-refractivity contribution in [3.8, 4) is 5.75 Å². The molecule has 2 aromatic carbocycles. The molecule has 0 saturated carbocycles. The number of rotatable bonds is 6. The number of hydrogen-bond donors (Lipinski definition) is 1. The first kappa shape index (κ1) is 15.8. The van der Waals surface area contributed by atoms with Crippen LogP contribution in [0.2, 0.25) is 0 Å². The van der Waals surface area contributed by atoms with Crippen molar-refractivity contribution in [2.75, 3.05) is 6.61 Å². The van der Waals surface area contributed by atoms with Crippen molar-refractivity contribution in [3.05, 3.63) is 65.2 Å². The molecule has 0 saturated heterocycles. The molecule has 114 valence electrons. The number of amides is 1. The zero-order valence-electron chi connectivity index (χ0n) is 12.9. The molecule has 0 aliphatic heterocycles. The molecule has 4 heteroatoms. The topological polar surface area (TPSA) is 50.7 Å². The summed E-state index contributed by atoms with van der Waals surface area (Å²) in [5.41, 5.74) is 5.58. The van der Waals surface area contributed by atoms with E-state index in [1.807, 2.05) is 62.4 Å². The third-order valence-electron chi connectivity index (χ3n) is 3.18. The Bertz CT molecular complexity index is 648. The number of hydrazone groups is 1. The Kier molecular flexibility index (Phi) is 5.72. The van der Waals surface area contributed by atoms with Crippen molar-refractivity contribution in [3.63, 3.8) is 0 Å². The van der Waals surface area contributed by atoms with Crippen molar-refractivity contribution >= 4 is 12.1 Å². The molecule has 2 rings (SSSR count). The summed E-state index contributed by atoms with van der Waals surface area (Å²) in [5.74, 6) is 0.665. The summed E-state index contributed by atoms with van der Waals surface area (Å²) >= 11 is 0. The Balaban J connectivity index is 1.86. The monoisotopic (exact) mass is 296 g/mol. The Morgan fingerprint density at radius 3 is 2.59 bits per heavy atom. The van der Waals surface area contributed by atoms with Gasteiger partial charge in [0.1, 0.15) is 5.75 Å². The number of nitrogens with zero attached hydrogens (tertiary/aromatic N) is 1. The van der Waals surface area contributed by atoms with Gasteiger partial charge in [0.25, 0.3) is 0 Å². The first-order valence-electron chi connectivity index (χ1n) is 7.28. The number of aryl methyl sites for hydroxylation is 1. The standard InChI is InChI=1S/C18H20N2O2/c1-3-22-17-10-8-15(9-11-17)12-18(21)20-19-13-16-7-5-4-6-14(16)2/h4-11,13H,3,12H2,1-2H3,(H,20,21)/b19-13-. The number of hydrogen-bond acceptors (Lipinski definition) is 3. The Labute approximate surface area is 130 Å². The fourth-order valence-corrected chi connectivity index (χ4v) is 2.00. The van der Waals surface area contributed by atoms with Crippen molar-refractivity contribution in [1.29, 1.82) is 0 Å². The number of carbonyl (C=O) groups excluding carboxylic acids is 1. The molecule has 1 N–H and O–H groups in total. The number of ether oxygens (including phenoxy) is 1. The van der Waals surface area contributed by atoms with Crippen molar-refractivity contribution in [1.82, 2.24) is 5.43 Å². The highest BCUT2D eigenvalue weighted by molar-refractivity contribution is 5.84. The molecule has 0 heterocycles. The van der Waals surface area contributed by atoms with Crippen LogP contribution in [-0.2, 0) is 11.2 Å². The fraction of sp³-hybridized carbons (Fsp3) is 0.222. The summed E-state index contributed by atoms with van der Waals surface area (Å²) < 4.78 is 5.37. The van der Waals surface area contributed by atoms with Crippen LogP contribution in [0.3, 0.4) is 0 Å². The van der Waals surface area contributed by atoms with Crippen LogP contribution in [-0.4, -0.2) is 18.7 Å². The lowest BCUT2D eigenvalue weighted by Gasteiger charge is -2.04. The maximum absolute atomic E-state index is 11.8. The maximum atomic E-state index is 11.8. The second kappa shape index (κ2) is 7.98. The molecule has 22 heavy (non-hydrogen) atoms. The van der Waals surface area contributed by atoms with E-state index in [1.165, 1.54) is 0 Å². The van der Waals surface area contributed by atoms with E-state index in [4.69, 9.17) is 4.74 Å². The van der Waals surface area contributed by atoms with Gasteiger partial charge in [0.05, 0.1) is 19.2 Å². The van der Waals surface area contributed by atoms with E-state index >= 15 is 0 Å². The van der Waals surface area contributed by atoms with Crippen molar-refractivity contribution < 1.29 is 9.53 Å². The minimum absolute atomic E-state index is 0.144. The van der Waals surface area contributed by atoms with Gasteiger partial charge in [0.15, 0.2) is 0 Å². The van der Waals surface area contributed by atoms with Crippen LogP contribution in [0.25, 0.3) is 0 Å². The van der Waals surface area contributed by atoms with Crippen LogP contribution in [0.5, 0.6) is 5.75 Å². The normalized spacial score (nSPS) is 10.6. The van der Waals surface area contributed by atoms with E-state index in [0.717, 1.165) is 22.4 Å². The zero-order valence-corrected chi connectivity index (χ0v) is 12.9. The molecular weight excluding hydrogens is 276 g/mol. The molecule has 0 fully saturated rings. The quantitative estimate of drug-likeness (QED) is 0.658. The molecule has 0 aliphatic carbocycles. The number of nitrogens with one attached hydrogen (secondary N) is 1. The average molecular weight is 296 g/mol. The van der Waals surface area contributed by atoms with Gasteiger partial charge < -0.3 is 4.74 Å². The van der Waals surface area contributed by atoms with E-state index in [9.17, 15) is 4.79 Å². The predicted molar refractivity (Wildman–Crippen MR) is 88.2 cm³/mol. The predicted octanol–water partition coefficient (Wildman–Crippen LogP) is 3.09. The Morgan fingerprint density at radius 1 is 1.18 bits per heavy atom. The first-order chi connectivity index (χ1) is 10.7. The van der Waals surface area contributed by atoms with Crippen molar-refractivity contribution in [2.24, 2.45) is 5.10 Å². The molecule has 0 atom stereocenters. The summed E-state index contributed by atoms with van der Waals surface area (Å²) in [6.07, 6.45) is 1.95. The summed E-state index contributed by atoms with van der Waals surface area (Å²) in [5, 5.41) is 4.00. The lowest BCUT2D eigenvalue weighted by atomic mass is 10.1. The molecule has 0 bridgehead atoms. The summed E-state index contributed by atoms with van der Waals surface area (Å²) in [4.78, 5) is 11.8. The van der Waals surface area contributed by atoms with Gasteiger partial charge in [0.2, 0.25) is 5.91 Å². The van der Waals surface area contributed by atoms with Gasteiger partial charge in [-0.3, -0.25) is 4.79 Å². The lowest BCUT2D eigenvalue weighted by molar-refractivity contribution is -0.120. The summed E-state index contributed by atoms with van der Waals surface area (Å²) in [6, 6.07) is 15.4. The second-order valence-corrected chi connectivity index (χ2v) is 4.90. The van der Waals surface area contributed by atoms with Gasteiger partial charge in [-0.05, 0) is 42.7 Å². The molecule has 1 amide bonds. The highest BCUT2D eigenvalue weighted by Gasteiger charge is 2.02. The molecule has 0 aromatic heterocycles. The molecular formula is C18H20N2O2. The Hall–Kier alpha value is -2.62. The first-order valence-corrected chi connectivity index (χ1v) is 7.28. The molecule has 0 spiro atoms. The molecule has 0 aliphatic rings. The fourth-order valence-electron chi connectivity index (χ4n) is 2.00. The highest BCUT2D eigenvalue weighted by Crippen LogP contribution is 2.12. The molecule has 2 aromatic rings. The van der Waals surface area contributed by atoms with E-state index in [1.54, 1.807) is 6.21 Å². The SMILES string of the molecule is CCOc1ccc(CC(=O)N/N=C\c2ccccc2C)cc1. The minimum atomic E-state index is -0.144. The largest absolute Gasteiger partial charge is 0.494 e. The van der Waals surface area contributed by atoms with Gasteiger partial charge in [-0.1, -0.05) is 36.4 Å². The highest BCUT2D eigenvalue weighted by atomic mass is 16.5. The molecule has 0 radical (unpaired) electrons. The van der Waals surface area contributed by atoms with Gasteiger partial charge in [0, 0.05) is 0 Å². The van der Waals surface area contributed by atoms with Gasteiger partial charge in [-0.25, -0.2) is 5.43 Å². The maximum Gasteiger partial charge on any atom is 0.244 e. The van der Waals surface area contributed by atoms with E-state index in [-0.39, 0.29) is 12.3 Å². The van der Waals surface area contributed by atoms with Gasteiger partial charge in [-0.15, -0.1) is 0 Å². The smallest absolute Gasteiger partial charge is 0.244 e. The van der Waals surface area contributed by atoms with E-state index in [2.05, 4.69) is 10.5 Å². The Morgan fingerprint density at radius 2 is 1.91 bits per heavy atom. The van der Waals surface area contributed by atoms with Gasteiger partial charge in [-0.2, -0.15) is 5.10 Å². The minimum Gasteiger partial charge on any atom is -0.494 e. The molecule has 4 nitrogen and oxygen atoms in total. The third kappa shape index (κ3) is 4.74. The number of carbonyl (C=O) groups is 1. The third-order valence-corrected chi connectivity index (χ3v) is 3.18. The van der Waals surface area contributed by atoms with Crippen LogP contribution < -0.4 is 10.2 Å². The summed E-state index contributed by atoms with van der Waals surface area (Å²) in [7, 11) is 0. The number of benzene rings is 2. The lowest BCUT2D eigenvalue weighted by Crippen LogP contribution is -2.19. The second-order valence-electron chi connectivity index (χ2n) is 4.90. The van der Waals surface area contributed by atoms with E-state index < -0.39 is 0 Å².